The first kappa shape index (κ1) is 43.1. The van der Waals surface area contributed by atoms with Gasteiger partial charge in [0.25, 0.3) is 0 Å². The Morgan fingerprint density at radius 2 is 1.46 bits per heavy atom. The lowest BCUT2D eigenvalue weighted by molar-refractivity contribution is -0.153. The van der Waals surface area contributed by atoms with Gasteiger partial charge in [-0.1, -0.05) is 39.3 Å². The zero-order valence-electron chi connectivity index (χ0n) is 30.9. The van der Waals surface area contributed by atoms with Crippen LogP contribution >= 0.6 is 0 Å². The topological polar surface area (TPSA) is 296 Å². The van der Waals surface area contributed by atoms with Crippen molar-refractivity contribution >= 4 is 47.3 Å². The van der Waals surface area contributed by atoms with Crippen LogP contribution in [-0.4, -0.2) is 122 Å². The van der Waals surface area contributed by atoms with Crippen molar-refractivity contribution in [3.63, 3.8) is 0 Å². The minimum absolute atomic E-state index is 0.0669. The normalized spacial score (nSPS) is 27.3. The van der Waals surface area contributed by atoms with E-state index in [9.17, 15) is 53.7 Å². The van der Waals surface area contributed by atoms with Crippen LogP contribution in [0.4, 0.5) is 0 Å². The number of fused-ring (bicyclic) bond motifs is 1. The largest absolute Gasteiger partial charge is 0.508 e. The number of esters is 1. The highest BCUT2D eigenvalue weighted by Crippen LogP contribution is 2.25. The first-order chi connectivity index (χ1) is 25.4. The molecule has 10 unspecified atom stereocenters. The van der Waals surface area contributed by atoms with Gasteiger partial charge in [-0.15, -0.1) is 0 Å². The van der Waals surface area contributed by atoms with Crippen LogP contribution in [0.15, 0.2) is 24.3 Å². The van der Waals surface area contributed by atoms with Crippen molar-refractivity contribution in [3.8, 4) is 5.75 Å². The third-order valence-corrected chi connectivity index (χ3v) is 9.46. The molecule has 2 aliphatic heterocycles. The van der Waals surface area contributed by atoms with Crippen LogP contribution in [0, 0.1) is 5.92 Å². The molecule has 3 rings (SSSR count). The molecule has 0 bridgehead atoms. The number of aromatic hydroxyl groups is 1. The number of hydrogen-bond acceptors (Lipinski definition) is 12. The summed E-state index contributed by atoms with van der Waals surface area (Å²) in [6, 6.07) is -3.75. The summed E-state index contributed by atoms with van der Waals surface area (Å²) in [6.45, 7) is 7.44. The molecule has 1 aromatic carbocycles. The highest BCUT2D eigenvalue weighted by Gasteiger charge is 2.51. The summed E-state index contributed by atoms with van der Waals surface area (Å²) in [5, 5.41) is 43.0. The van der Waals surface area contributed by atoms with Crippen molar-refractivity contribution in [2.45, 2.75) is 128 Å². The summed E-state index contributed by atoms with van der Waals surface area (Å²) < 4.78 is 5.49. The zero-order chi connectivity index (χ0) is 40.4. The number of aliphatic hydroxyl groups excluding tert-OH is 2. The van der Waals surface area contributed by atoms with Gasteiger partial charge < -0.3 is 52.4 Å². The molecule has 2 saturated heterocycles. The van der Waals surface area contributed by atoms with Gasteiger partial charge in [0, 0.05) is 12.8 Å². The van der Waals surface area contributed by atoms with Crippen LogP contribution in [0.3, 0.4) is 0 Å². The number of amides is 7. The van der Waals surface area contributed by atoms with Crippen LogP contribution in [-0.2, 0) is 49.5 Å². The Morgan fingerprint density at radius 1 is 0.870 bits per heavy atom. The lowest BCUT2D eigenvalue weighted by Gasteiger charge is -2.35. The molecule has 0 radical (unpaired) electrons. The first-order valence-electron chi connectivity index (χ1n) is 17.8. The number of carbonyl (C=O) groups excluding carboxylic acids is 8. The highest BCUT2D eigenvalue weighted by molar-refractivity contribution is 5.99. The standard InChI is InChI=1S/C35H51N7O12/c1-6-16(3)26-30(49)38-23(14-19-8-10-21(45)11-9-19)29(48)41-27(18(5)43)31(50)37-22(12-13-24(36)46)33(52)42-17(4)35(53)54-34(42)28(32(51)40-26)39-25(47)15-20(44)7-2/h8-11,16-18,20,22-23,26-28,34,43-45H,6-7,12-15H2,1-5H3,(H2,36,46)(H,37,50)(H,38,49)(H,39,47)(H,40,51)(H,41,48). The Hall–Kier alpha value is -5.30. The molecule has 0 aliphatic carbocycles. The molecule has 2 aliphatic rings. The van der Waals surface area contributed by atoms with E-state index in [0.29, 0.717) is 12.0 Å². The average Bonchev–Trinajstić information content (AvgIpc) is 3.41. The Labute approximate surface area is 312 Å². The summed E-state index contributed by atoms with van der Waals surface area (Å²) in [4.78, 5) is 109. The van der Waals surface area contributed by atoms with Crippen molar-refractivity contribution in [2.24, 2.45) is 11.7 Å². The molecule has 19 nitrogen and oxygen atoms in total. The van der Waals surface area contributed by atoms with E-state index in [1.54, 1.807) is 20.8 Å². The molecule has 10 atom stereocenters. The predicted molar refractivity (Wildman–Crippen MR) is 188 cm³/mol. The number of nitrogens with zero attached hydrogens (tertiary/aromatic N) is 1. The number of hydrogen-bond donors (Lipinski definition) is 9. The maximum atomic E-state index is 14.3. The predicted octanol–water partition coefficient (Wildman–Crippen LogP) is -2.67. The third kappa shape index (κ3) is 11.1. The average molecular weight is 762 g/mol. The maximum absolute atomic E-state index is 14.3. The van der Waals surface area contributed by atoms with E-state index < -0.39 is 127 Å². The van der Waals surface area contributed by atoms with Crippen molar-refractivity contribution in [1.29, 1.82) is 0 Å². The second kappa shape index (κ2) is 19.2. The Bertz CT molecular complexity index is 1570. The Kier molecular flexibility index (Phi) is 15.3. The van der Waals surface area contributed by atoms with E-state index in [-0.39, 0.29) is 18.6 Å². The number of phenolic OH excluding ortho intramolecular Hbond substituents is 1. The van der Waals surface area contributed by atoms with Gasteiger partial charge in [-0.25, -0.2) is 4.79 Å². The van der Waals surface area contributed by atoms with E-state index in [4.69, 9.17) is 10.5 Å². The van der Waals surface area contributed by atoms with Crippen LogP contribution in [0.5, 0.6) is 5.75 Å². The van der Waals surface area contributed by atoms with E-state index in [1.165, 1.54) is 38.1 Å². The van der Waals surface area contributed by atoms with Gasteiger partial charge in [0.15, 0.2) is 6.04 Å². The molecule has 10 N–H and O–H groups in total. The number of ether oxygens (including phenoxy) is 1. The number of nitrogens with one attached hydrogen (secondary N) is 5. The van der Waals surface area contributed by atoms with Gasteiger partial charge in [-0.3, -0.25) is 38.5 Å². The minimum Gasteiger partial charge on any atom is -0.508 e. The van der Waals surface area contributed by atoms with E-state index in [1.807, 2.05) is 0 Å². The van der Waals surface area contributed by atoms with Gasteiger partial charge in [0.05, 0.1) is 18.6 Å². The van der Waals surface area contributed by atoms with Gasteiger partial charge in [-0.2, -0.15) is 0 Å². The summed E-state index contributed by atoms with van der Waals surface area (Å²) >= 11 is 0. The molecule has 298 valence electrons. The maximum Gasteiger partial charge on any atom is 0.330 e. The molecule has 2 heterocycles. The highest BCUT2D eigenvalue weighted by atomic mass is 16.6. The Balaban J connectivity index is 2.22. The van der Waals surface area contributed by atoms with Gasteiger partial charge in [0.2, 0.25) is 47.6 Å². The van der Waals surface area contributed by atoms with Crippen LogP contribution < -0.4 is 32.3 Å². The molecule has 54 heavy (non-hydrogen) atoms. The van der Waals surface area contributed by atoms with Gasteiger partial charge in [-0.05, 0) is 50.3 Å². The summed E-state index contributed by atoms with van der Waals surface area (Å²) in [7, 11) is 0. The Morgan fingerprint density at radius 3 is 2.04 bits per heavy atom. The van der Waals surface area contributed by atoms with Gasteiger partial charge >= 0.3 is 5.97 Å². The molecule has 0 saturated carbocycles. The van der Waals surface area contributed by atoms with E-state index >= 15 is 0 Å². The van der Waals surface area contributed by atoms with Crippen LogP contribution in [0.1, 0.15) is 72.3 Å². The minimum atomic E-state index is -1.87. The fourth-order valence-electron chi connectivity index (χ4n) is 5.94. The fourth-order valence-corrected chi connectivity index (χ4v) is 5.94. The summed E-state index contributed by atoms with van der Waals surface area (Å²) in [5.74, 6) is -8.39. The molecule has 0 spiro atoms. The monoisotopic (exact) mass is 761 g/mol. The molecule has 2 fully saturated rings. The molecule has 19 heteroatoms. The number of phenols is 1. The van der Waals surface area contributed by atoms with Crippen molar-refractivity contribution < 1.29 is 58.4 Å². The lowest BCUT2D eigenvalue weighted by atomic mass is 9.96. The van der Waals surface area contributed by atoms with E-state index in [2.05, 4.69) is 26.6 Å². The second-order valence-corrected chi connectivity index (χ2v) is 13.7. The van der Waals surface area contributed by atoms with Crippen LogP contribution in [0.25, 0.3) is 0 Å². The number of primary amides is 1. The molecule has 1 aromatic rings. The fraction of sp³-hybridized carbons (Fsp3) is 0.600. The third-order valence-electron chi connectivity index (χ3n) is 9.46. The lowest BCUT2D eigenvalue weighted by Crippen LogP contribution is -2.66. The quantitative estimate of drug-likeness (QED) is 0.0986. The number of aliphatic hydroxyl groups is 2. The molecule has 0 aromatic heterocycles. The van der Waals surface area contributed by atoms with Crippen molar-refractivity contribution in [1.82, 2.24) is 31.5 Å². The number of benzene rings is 1. The smallest absolute Gasteiger partial charge is 0.330 e. The summed E-state index contributed by atoms with van der Waals surface area (Å²) in [5.41, 5.74) is 5.82. The van der Waals surface area contributed by atoms with Crippen LogP contribution in [0.2, 0.25) is 0 Å². The number of rotatable bonds is 12. The SMILES string of the molecule is CCC(O)CC(=O)NC1C(=O)NC(C(C)CC)C(=O)NC(Cc2ccc(O)cc2)C(=O)NC(C(C)O)C(=O)NC(CCC(N)=O)C(=O)N2C(C)C(=O)OC12. The van der Waals surface area contributed by atoms with Gasteiger partial charge in [0.1, 0.15) is 36.0 Å². The summed E-state index contributed by atoms with van der Waals surface area (Å²) in [6.07, 6.45) is -5.58. The number of carbonyl (C=O) groups is 8. The first-order valence-corrected chi connectivity index (χ1v) is 17.8. The number of nitrogens with two attached hydrogens (primary N) is 1. The molecule has 7 amide bonds. The van der Waals surface area contributed by atoms with Crippen molar-refractivity contribution in [2.75, 3.05) is 0 Å². The van der Waals surface area contributed by atoms with E-state index in [0.717, 1.165) is 4.90 Å². The zero-order valence-corrected chi connectivity index (χ0v) is 30.9. The second-order valence-electron chi connectivity index (χ2n) is 13.7. The molecular formula is C35H51N7O12. The molecular weight excluding hydrogens is 710 g/mol. The van der Waals surface area contributed by atoms with Crippen molar-refractivity contribution in [3.05, 3.63) is 29.8 Å².